The van der Waals surface area contributed by atoms with E-state index in [0.717, 1.165) is 24.9 Å². The van der Waals surface area contributed by atoms with Crippen molar-refractivity contribution in [2.24, 2.45) is 5.41 Å². The Kier molecular flexibility index (Phi) is 2.55. The summed E-state index contributed by atoms with van der Waals surface area (Å²) >= 11 is 0. The smallest absolute Gasteiger partial charge is 0.335 e. The summed E-state index contributed by atoms with van der Waals surface area (Å²) in [6.45, 7) is 7.92. The maximum atomic E-state index is 11.4. The number of piperidine rings is 1. The highest BCUT2D eigenvalue weighted by atomic mass is 16.4. The van der Waals surface area contributed by atoms with Gasteiger partial charge in [-0.25, -0.2) is 4.79 Å². The number of fused-ring (bicyclic) bond motifs is 4. The summed E-state index contributed by atoms with van der Waals surface area (Å²) in [5.41, 5.74) is 2.97. The molecule has 1 saturated heterocycles. The van der Waals surface area contributed by atoms with Crippen LogP contribution in [0.2, 0.25) is 0 Å². The molecule has 2 unspecified atom stereocenters. The van der Waals surface area contributed by atoms with E-state index in [1.165, 1.54) is 5.56 Å². The van der Waals surface area contributed by atoms with Crippen LogP contribution >= 0.6 is 0 Å². The van der Waals surface area contributed by atoms with Crippen molar-refractivity contribution in [3.63, 3.8) is 0 Å². The van der Waals surface area contributed by atoms with Crippen molar-refractivity contribution in [3.05, 3.63) is 34.9 Å². The minimum atomic E-state index is -0.807. The Morgan fingerprint density at radius 2 is 2.11 bits per heavy atom. The molecule has 3 nitrogen and oxygen atoms in total. The molecule has 1 aliphatic heterocycles. The summed E-state index contributed by atoms with van der Waals surface area (Å²) < 4.78 is 0. The van der Waals surface area contributed by atoms with Gasteiger partial charge in [-0.2, -0.15) is 0 Å². The van der Waals surface area contributed by atoms with Crippen LogP contribution in [0, 0.1) is 5.41 Å². The van der Waals surface area contributed by atoms with Gasteiger partial charge in [0.1, 0.15) is 0 Å². The maximum Gasteiger partial charge on any atom is 0.335 e. The fraction of sp³-hybridized carbons (Fsp3) is 0.562. The number of hydrogen-bond acceptors (Lipinski definition) is 2. The lowest BCUT2D eigenvalue weighted by molar-refractivity contribution is 0.0541. The van der Waals surface area contributed by atoms with Gasteiger partial charge < -0.3 is 10.4 Å². The number of carboxylic acid groups (broad SMARTS) is 1. The summed E-state index contributed by atoms with van der Waals surface area (Å²) in [6, 6.07) is 6.12. The summed E-state index contributed by atoms with van der Waals surface area (Å²) in [5, 5.41) is 13.0. The molecular weight excluding hydrogens is 238 g/mol. The normalized spacial score (nSPS) is 31.6. The number of hydrogen-bond donors (Lipinski definition) is 2. The third-order valence-corrected chi connectivity index (χ3v) is 5.72. The third kappa shape index (κ3) is 1.51. The molecule has 19 heavy (non-hydrogen) atoms. The van der Waals surface area contributed by atoms with Gasteiger partial charge in [-0.3, -0.25) is 0 Å². The van der Waals surface area contributed by atoms with Gasteiger partial charge in [-0.05, 0) is 42.0 Å². The zero-order chi connectivity index (χ0) is 13.8. The van der Waals surface area contributed by atoms with Crippen LogP contribution in [0.4, 0.5) is 0 Å². The molecule has 2 aliphatic rings. The van der Waals surface area contributed by atoms with Crippen LogP contribution in [-0.2, 0) is 11.8 Å². The van der Waals surface area contributed by atoms with Gasteiger partial charge in [0.2, 0.25) is 0 Å². The van der Waals surface area contributed by atoms with Crippen LogP contribution in [0.25, 0.3) is 0 Å². The molecule has 0 spiro atoms. The summed E-state index contributed by atoms with van der Waals surface area (Å²) in [7, 11) is 0. The topological polar surface area (TPSA) is 49.3 Å². The lowest BCUT2D eigenvalue weighted by Gasteiger charge is -2.57. The number of aromatic carboxylic acids is 1. The highest BCUT2D eigenvalue weighted by Gasteiger charge is 2.53. The van der Waals surface area contributed by atoms with Crippen molar-refractivity contribution in [1.82, 2.24) is 5.32 Å². The summed E-state index contributed by atoms with van der Waals surface area (Å²) in [4.78, 5) is 11.4. The van der Waals surface area contributed by atoms with Gasteiger partial charge in [0.15, 0.2) is 0 Å². The van der Waals surface area contributed by atoms with E-state index < -0.39 is 5.97 Å². The average Bonchev–Trinajstić information content (AvgIpc) is 2.32. The number of carboxylic acids is 1. The van der Waals surface area contributed by atoms with Crippen molar-refractivity contribution < 1.29 is 9.90 Å². The molecule has 1 aliphatic carbocycles. The van der Waals surface area contributed by atoms with Crippen molar-refractivity contribution in [2.75, 3.05) is 6.54 Å². The average molecular weight is 259 g/mol. The standard InChI is InChI=1S/C16H21NO2/c1-15(2)13-9-11-10(14(18)19)5-4-6-12(11)16(15,3)7-8-17-13/h4-6,13,17H,7-9H2,1-3H3,(H,18,19). The van der Waals surface area contributed by atoms with Gasteiger partial charge in [0, 0.05) is 11.5 Å². The highest BCUT2D eigenvalue weighted by Crippen LogP contribution is 2.54. The minimum absolute atomic E-state index is 0.0575. The second-order valence-corrected chi connectivity index (χ2v) is 6.65. The van der Waals surface area contributed by atoms with E-state index in [9.17, 15) is 9.90 Å². The van der Waals surface area contributed by atoms with Gasteiger partial charge >= 0.3 is 5.97 Å². The maximum absolute atomic E-state index is 11.4. The Morgan fingerprint density at radius 1 is 1.37 bits per heavy atom. The number of benzene rings is 1. The van der Waals surface area contributed by atoms with E-state index >= 15 is 0 Å². The number of carbonyl (C=O) groups is 1. The second-order valence-electron chi connectivity index (χ2n) is 6.65. The molecule has 0 aromatic heterocycles. The number of nitrogens with one attached hydrogen (secondary N) is 1. The summed E-state index contributed by atoms with van der Waals surface area (Å²) in [6.07, 6.45) is 1.88. The van der Waals surface area contributed by atoms with Crippen LogP contribution in [0.5, 0.6) is 0 Å². The van der Waals surface area contributed by atoms with E-state index in [1.54, 1.807) is 6.07 Å². The Bertz CT molecular complexity index is 550. The van der Waals surface area contributed by atoms with E-state index in [1.807, 2.05) is 6.07 Å². The molecule has 2 N–H and O–H groups in total. The Morgan fingerprint density at radius 3 is 2.79 bits per heavy atom. The van der Waals surface area contributed by atoms with E-state index in [2.05, 4.69) is 32.2 Å². The fourth-order valence-electron chi connectivity index (χ4n) is 4.00. The van der Waals surface area contributed by atoms with Crippen molar-refractivity contribution in [3.8, 4) is 0 Å². The van der Waals surface area contributed by atoms with E-state index in [4.69, 9.17) is 0 Å². The summed E-state index contributed by atoms with van der Waals surface area (Å²) in [5.74, 6) is -0.807. The molecule has 3 heteroatoms. The fourth-order valence-corrected chi connectivity index (χ4v) is 4.00. The van der Waals surface area contributed by atoms with Gasteiger partial charge in [-0.1, -0.05) is 32.9 Å². The quantitative estimate of drug-likeness (QED) is 0.815. The molecule has 0 radical (unpaired) electrons. The Labute approximate surface area is 114 Å². The SMILES string of the molecule is CC12CCNC(Cc3c(C(=O)O)cccc31)C2(C)C. The molecule has 3 rings (SSSR count). The van der Waals surface area contributed by atoms with Crippen LogP contribution in [0.3, 0.4) is 0 Å². The minimum Gasteiger partial charge on any atom is -0.478 e. The lowest BCUT2D eigenvalue weighted by atomic mass is 9.51. The molecule has 0 amide bonds. The molecule has 2 atom stereocenters. The van der Waals surface area contributed by atoms with Crippen LogP contribution in [0.15, 0.2) is 18.2 Å². The van der Waals surface area contributed by atoms with E-state index in [-0.39, 0.29) is 10.8 Å². The number of rotatable bonds is 1. The van der Waals surface area contributed by atoms with Crippen molar-refractivity contribution in [1.29, 1.82) is 0 Å². The zero-order valence-corrected chi connectivity index (χ0v) is 11.8. The molecule has 2 bridgehead atoms. The van der Waals surface area contributed by atoms with Gasteiger partial charge in [0.25, 0.3) is 0 Å². The predicted molar refractivity (Wildman–Crippen MR) is 74.6 cm³/mol. The van der Waals surface area contributed by atoms with Crippen molar-refractivity contribution >= 4 is 5.97 Å². The highest BCUT2D eigenvalue weighted by molar-refractivity contribution is 5.90. The zero-order valence-electron chi connectivity index (χ0n) is 11.8. The van der Waals surface area contributed by atoms with Crippen LogP contribution < -0.4 is 5.32 Å². The van der Waals surface area contributed by atoms with Crippen molar-refractivity contribution in [2.45, 2.75) is 45.1 Å². The Hall–Kier alpha value is -1.35. The first-order chi connectivity index (χ1) is 8.88. The molecule has 1 aromatic rings. The predicted octanol–water partition coefficient (Wildman–Crippen LogP) is 2.59. The molecule has 1 fully saturated rings. The van der Waals surface area contributed by atoms with Crippen LogP contribution in [-0.4, -0.2) is 23.7 Å². The molecule has 102 valence electrons. The largest absolute Gasteiger partial charge is 0.478 e. The van der Waals surface area contributed by atoms with E-state index in [0.29, 0.717) is 11.6 Å². The first kappa shape index (κ1) is 12.7. The Balaban J connectivity index is 2.26. The molecule has 1 aromatic carbocycles. The lowest BCUT2D eigenvalue weighted by Crippen LogP contribution is -2.62. The molecular formula is C16H21NO2. The van der Waals surface area contributed by atoms with Gasteiger partial charge in [-0.15, -0.1) is 0 Å². The first-order valence-corrected chi connectivity index (χ1v) is 6.97. The second kappa shape index (κ2) is 3.83. The van der Waals surface area contributed by atoms with Gasteiger partial charge in [0.05, 0.1) is 5.56 Å². The monoisotopic (exact) mass is 259 g/mol. The third-order valence-electron chi connectivity index (χ3n) is 5.72. The van der Waals surface area contributed by atoms with Crippen LogP contribution in [0.1, 0.15) is 48.7 Å². The molecule has 1 heterocycles. The first-order valence-electron chi connectivity index (χ1n) is 6.97. The molecule has 0 saturated carbocycles.